The molecule has 2 aromatic rings. The minimum Gasteiger partial charge on any atom is -0.490 e. The Hall–Kier alpha value is -2.88. The maximum atomic E-state index is 14.0. The summed E-state index contributed by atoms with van der Waals surface area (Å²) in [7, 11) is -1.56. The van der Waals surface area contributed by atoms with Crippen LogP contribution in [0.2, 0.25) is 5.02 Å². The lowest BCUT2D eigenvalue weighted by Gasteiger charge is -2.42. The third-order valence-corrected chi connectivity index (χ3v) is 12.4. The van der Waals surface area contributed by atoms with Crippen molar-refractivity contribution in [2.24, 2.45) is 22.1 Å². The Balaban J connectivity index is 1.44. The number of hydrogen-bond acceptors (Lipinski definition) is 6. The molecule has 1 spiro atoms. The predicted molar refractivity (Wildman–Crippen MR) is 183 cm³/mol. The monoisotopic (exact) mass is 667 g/mol. The average molecular weight is 668 g/mol. The van der Waals surface area contributed by atoms with Crippen molar-refractivity contribution in [3.63, 3.8) is 0 Å². The van der Waals surface area contributed by atoms with Crippen LogP contribution in [-0.2, 0) is 31.3 Å². The number of aryl methyl sites for hydroxylation is 1. The molecule has 1 unspecified atom stereocenters. The zero-order chi connectivity index (χ0) is 32.5. The molecule has 2 aromatic carbocycles. The Labute approximate surface area is 278 Å². The first-order valence-electron chi connectivity index (χ1n) is 16.7. The maximum Gasteiger partial charge on any atom is 0.286 e. The van der Waals surface area contributed by atoms with E-state index in [9.17, 15) is 13.8 Å². The number of carbonyl (C=O) groups excluding carboxylic acids is 2. The number of nitrogens with one attached hydrogen (secondary N) is 1. The van der Waals surface area contributed by atoms with Crippen molar-refractivity contribution in [3.8, 4) is 5.75 Å². The molecular weight excluding hydrogens is 622 g/mol. The van der Waals surface area contributed by atoms with Crippen LogP contribution in [0, 0.1) is 17.8 Å². The Bertz CT molecular complexity index is 1630. The molecule has 2 heterocycles. The summed E-state index contributed by atoms with van der Waals surface area (Å²) < 4.78 is 33.5. The Kier molecular flexibility index (Phi) is 9.83. The van der Waals surface area contributed by atoms with Crippen LogP contribution in [0.5, 0.6) is 5.75 Å². The van der Waals surface area contributed by atoms with E-state index in [1.807, 2.05) is 18.2 Å². The molecule has 6 rings (SSSR count). The fourth-order valence-electron chi connectivity index (χ4n) is 7.45. The number of benzene rings is 2. The fraction of sp³-hybridized carbons (Fsp3) is 0.556. The summed E-state index contributed by atoms with van der Waals surface area (Å²) in [6.45, 7) is 6.45. The number of rotatable bonds is 4. The highest BCUT2D eigenvalue weighted by atomic mass is 35.5. The topological polar surface area (TPSA) is 97.3 Å². The Morgan fingerprint density at radius 3 is 2.80 bits per heavy atom. The van der Waals surface area contributed by atoms with E-state index in [4.69, 9.17) is 21.1 Å². The molecule has 1 saturated carbocycles. The van der Waals surface area contributed by atoms with Gasteiger partial charge in [0.25, 0.3) is 5.91 Å². The van der Waals surface area contributed by atoms with Crippen molar-refractivity contribution in [1.82, 2.24) is 4.72 Å². The van der Waals surface area contributed by atoms with Crippen molar-refractivity contribution < 1.29 is 23.3 Å². The van der Waals surface area contributed by atoms with E-state index in [-0.39, 0.29) is 35.0 Å². The minimum atomic E-state index is -3.31. The molecule has 2 amide bonds. The Morgan fingerprint density at radius 2 is 2.04 bits per heavy atom. The smallest absolute Gasteiger partial charge is 0.286 e. The fourth-order valence-corrected chi connectivity index (χ4v) is 9.30. The van der Waals surface area contributed by atoms with E-state index >= 15 is 0 Å². The average Bonchev–Trinajstić information content (AvgIpc) is 3.90. The molecule has 248 valence electrons. The minimum absolute atomic E-state index is 0.0939. The second kappa shape index (κ2) is 13.7. The number of ether oxygens (including phenoxy) is 2. The molecule has 8 nitrogen and oxygen atoms in total. The first-order valence-corrected chi connectivity index (χ1v) is 18.8. The van der Waals surface area contributed by atoms with Crippen molar-refractivity contribution >= 4 is 39.0 Å². The van der Waals surface area contributed by atoms with Crippen LogP contribution in [0.4, 0.5) is 5.69 Å². The number of hydrogen-bond donors (Lipinski definition) is 1. The first-order chi connectivity index (χ1) is 22.1. The van der Waals surface area contributed by atoms with Crippen LogP contribution in [-0.4, -0.2) is 54.7 Å². The lowest BCUT2D eigenvalue weighted by molar-refractivity contribution is -0.120. The van der Waals surface area contributed by atoms with Gasteiger partial charge in [-0.2, -0.15) is 0 Å². The van der Waals surface area contributed by atoms with E-state index in [0.717, 1.165) is 55.8 Å². The van der Waals surface area contributed by atoms with E-state index in [0.29, 0.717) is 43.2 Å². The van der Waals surface area contributed by atoms with Gasteiger partial charge in [0.05, 0.1) is 24.2 Å². The van der Waals surface area contributed by atoms with Gasteiger partial charge < -0.3 is 14.4 Å². The quantitative estimate of drug-likeness (QED) is 0.357. The highest BCUT2D eigenvalue weighted by Crippen LogP contribution is 2.45. The van der Waals surface area contributed by atoms with Gasteiger partial charge in [-0.25, -0.2) is 4.21 Å². The summed E-state index contributed by atoms with van der Waals surface area (Å²) in [5.41, 5.74) is 3.45. The molecule has 1 fully saturated rings. The standard InChI is InChI=1S/C36H46ClN3O5S/c1-4-25-21-40-22-36(17-8-9-27-19-29(37)14-15-30(27)36)23-45-33-16-13-28(20-31(33)40)35(42)39-46(43,38-34(41)26-11-12-26)18-7-5-6-10-32(44-3)24(25)2/h6,10,13-16,19-20,24-26,32H,4-5,7-9,11-12,17-18,21-23H2,1-3H3,(H,38,39,41,42,43)/b10-6-/t24-,25+,32+,36+,46?/m1/s1. The number of halogens is 1. The largest absolute Gasteiger partial charge is 0.490 e. The summed E-state index contributed by atoms with van der Waals surface area (Å²) in [6.07, 6.45) is 10.7. The molecule has 1 N–H and O–H groups in total. The van der Waals surface area contributed by atoms with Gasteiger partial charge in [0, 0.05) is 42.1 Å². The molecule has 2 aliphatic carbocycles. The highest BCUT2D eigenvalue weighted by molar-refractivity contribution is 7.92. The van der Waals surface area contributed by atoms with Crippen LogP contribution in [0.15, 0.2) is 52.9 Å². The summed E-state index contributed by atoms with van der Waals surface area (Å²) in [5.74, 6) is 0.281. The third kappa shape index (κ3) is 7.02. The van der Waals surface area contributed by atoms with Crippen molar-refractivity contribution in [2.75, 3.05) is 37.5 Å². The normalized spacial score (nSPS) is 30.8. The number of carbonyl (C=O) groups is 2. The molecule has 4 aliphatic rings. The second-order valence-electron chi connectivity index (χ2n) is 13.6. The first kappa shape index (κ1) is 33.0. The van der Waals surface area contributed by atoms with E-state index < -0.39 is 15.8 Å². The summed E-state index contributed by atoms with van der Waals surface area (Å²) in [4.78, 5) is 28.8. The zero-order valence-corrected chi connectivity index (χ0v) is 28.7. The van der Waals surface area contributed by atoms with Gasteiger partial charge >= 0.3 is 0 Å². The lowest BCUT2D eigenvalue weighted by atomic mass is 9.70. The van der Waals surface area contributed by atoms with Gasteiger partial charge in [-0.1, -0.05) is 50.1 Å². The van der Waals surface area contributed by atoms with Crippen LogP contribution in [0.25, 0.3) is 0 Å². The van der Waals surface area contributed by atoms with Gasteiger partial charge in [0.1, 0.15) is 15.7 Å². The van der Waals surface area contributed by atoms with E-state index in [2.05, 4.69) is 52.1 Å². The number of nitrogens with zero attached hydrogens (tertiary/aromatic N) is 2. The number of amides is 2. The molecule has 2 aliphatic heterocycles. The van der Waals surface area contributed by atoms with Gasteiger partial charge in [-0.15, -0.1) is 4.36 Å². The van der Waals surface area contributed by atoms with Crippen LogP contribution < -0.4 is 14.4 Å². The van der Waals surface area contributed by atoms with Gasteiger partial charge in [-0.3, -0.25) is 14.3 Å². The highest BCUT2D eigenvalue weighted by Gasteiger charge is 2.42. The lowest BCUT2D eigenvalue weighted by Crippen LogP contribution is -2.47. The van der Waals surface area contributed by atoms with Gasteiger partial charge in [-0.05, 0) is 98.2 Å². The van der Waals surface area contributed by atoms with Gasteiger partial charge in [0.2, 0.25) is 5.91 Å². The van der Waals surface area contributed by atoms with Crippen molar-refractivity contribution in [1.29, 1.82) is 0 Å². The molecule has 5 atom stereocenters. The molecule has 2 bridgehead atoms. The molecule has 46 heavy (non-hydrogen) atoms. The summed E-state index contributed by atoms with van der Waals surface area (Å²) in [6, 6.07) is 11.6. The van der Waals surface area contributed by atoms with Crippen molar-refractivity contribution in [2.45, 2.75) is 76.7 Å². The van der Waals surface area contributed by atoms with E-state index in [1.165, 1.54) is 11.1 Å². The van der Waals surface area contributed by atoms with E-state index in [1.54, 1.807) is 13.2 Å². The molecular formula is C36H46ClN3O5S. The van der Waals surface area contributed by atoms with Crippen LogP contribution in [0.3, 0.4) is 0 Å². The molecule has 0 aromatic heterocycles. The van der Waals surface area contributed by atoms with Gasteiger partial charge in [0.15, 0.2) is 0 Å². The maximum absolute atomic E-state index is 14.0. The number of anilines is 1. The molecule has 0 radical (unpaired) electrons. The second-order valence-corrected chi connectivity index (χ2v) is 16.1. The number of allylic oxidation sites excluding steroid dienone is 1. The third-order valence-electron chi connectivity index (χ3n) is 10.4. The van der Waals surface area contributed by atoms with Crippen LogP contribution in [0.1, 0.15) is 80.3 Å². The Morgan fingerprint density at radius 1 is 1.22 bits per heavy atom. The zero-order valence-electron chi connectivity index (χ0n) is 27.1. The predicted octanol–water partition coefficient (Wildman–Crippen LogP) is 6.89. The molecule has 10 heteroatoms. The van der Waals surface area contributed by atoms with Crippen molar-refractivity contribution in [3.05, 3.63) is 70.3 Å². The summed E-state index contributed by atoms with van der Waals surface area (Å²) >= 11 is 6.44. The SMILES string of the molecule is CC[C@H]1CN2C[C@@]3(CCCc4cc(Cl)ccc43)COc3ccc(cc32)C(=O)N=S(=O)(NC(=O)C2CC2)CCC/C=C\[C@H](OC)[C@@H]1C. The molecule has 0 saturated heterocycles. The number of methoxy groups -OCH3 is 1. The van der Waals surface area contributed by atoms with Crippen LogP contribution >= 0.6 is 11.6 Å². The summed E-state index contributed by atoms with van der Waals surface area (Å²) in [5, 5.41) is 0.744. The number of fused-ring (bicyclic) bond motifs is 3.